The maximum Gasteiger partial charge on any atom is 0.104 e. The summed E-state index contributed by atoms with van der Waals surface area (Å²) in [6.07, 6.45) is 5.86. The number of aliphatic hydroxyl groups is 1. The zero-order valence-electron chi connectivity index (χ0n) is 10.3. The Morgan fingerprint density at radius 2 is 1.71 bits per heavy atom. The molecule has 0 aromatic carbocycles. The predicted octanol–water partition coefficient (Wildman–Crippen LogP) is 3.01. The third-order valence-electron chi connectivity index (χ3n) is 2.83. The molecule has 0 aromatic rings. The Bertz CT molecular complexity index is 125. The summed E-state index contributed by atoms with van der Waals surface area (Å²) in [6.45, 7) is 9.39. The van der Waals surface area contributed by atoms with E-state index in [1.54, 1.807) is 0 Å². The van der Waals surface area contributed by atoms with Gasteiger partial charge in [0, 0.05) is 6.04 Å². The molecule has 0 aliphatic rings. The van der Waals surface area contributed by atoms with Gasteiger partial charge in [-0.15, -0.1) is 0 Å². The van der Waals surface area contributed by atoms with Gasteiger partial charge in [0.05, 0.1) is 0 Å². The molecule has 0 aliphatic heterocycles. The van der Waals surface area contributed by atoms with Crippen molar-refractivity contribution >= 4 is 0 Å². The van der Waals surface area contributed by atoms with Crippen LogP contribution in [0.25, 0.3) is 0 Å². The number of aliphatic hydroxyl groups excluding tert-OH is 1. The molecule has 0 fully saturated rings. The van der Waals surface area contributed by atoms with Gasteiger partial charge >= 0.3 is 0 Å². The molecular formula is C12H27NO. The molecule has 0 rings (SSSR count). The van der Waals surface area contributed by atoms with Gasteiger partial charge < -0.3 is 5.11 Å². The molecule has 0 heterocycles. The van der Waals surface area contributed by atoms with E-state index in [4.69, 9.17) is 0 Å². The van der Waals surface area contributed by atoms with E-state index in [-0.39, 0.29) is 6.23 Å². The Hall–Kier alpha value is -0.0800. The van der Waals surface area contributed by atoms with E-state index in [1.807, 2.05) is 6.92 Å². The van der Waals surface area contributed by atoms with Crippen LogP contribution in [0.2, 0.25) is 0 Å². The summed E-state index contributed by atoms with van der Waals surface area (Å²) in [6, 6.07) is 0.574. The van der Waals surface area contributed by atoms with Crippen LogP contribution in [-0.4, -0.2) is 28.8 Å². The van der Waals surface area contributed by atoms with Crippen LogP contribution in [0.3, 0.4) is 0 Å². The molecule has 2 nitrogen and oxygen atoms in total. The Morgan fingerprint density at radius 3 is 2.07 bits per heavy atom. The van der Waals surface area contributed by atoms with Crippen molar-refractivity contribution in [3.8, 4) is 0 Å². The minimum Gasteiger partial charge on any atom is -0.379 e. The SMILES string of the molecule is CCCCC(CCC)N(CC)C(C)O. The summed E-state index contributed by atoms with van der Waals surface area (Å²) < 4.78 is 0. The molecule has 0 saturated heterocycles. The van der Waals surface area contributed by atoms with Gasteiger partial charge in [0.15, 0.2) is 0 Å². The highest BCUT2D eigenvalue weighted by molar-refractivity contribution is 4.71. The lowest BCUT2D eigenvalue weighted by atomic mass is 10.0. The van der Waals surface area contributed by atoms with Gasteiger partial charge in [0.1, 0.15) is 6.23 Å². The molecular weight excluding hydrogens is 174 g/mol. The quantitative estimate of drug-likeness (QED) is 0.610. The van der Waals surface area contributed by atoms with Gasteiger partial charge in [-0.25, -0.2) is 0 Å². The van der Waals surface area contributed by atoms with Crippen LogP contribution >= 0.6 is 0 Å². The maximum absolute atomic E-state index is 9.63. The van der Waals surface area contributed by atoms with Gasteiger partial charge in [0.25, 0.3) is 0 Å². The zero-order valence-corrected chi connectivity index (χ0v) is 10.3. The van der Waals surface area contributed by atoms with Gasteiger partial charge in [-0.05, 0) is 26.3 Å². The van der Waals surface area contributed by atoms with E-state index in [1.165, 1.54) is 32.1 Å². The second-order valence-corrected chi connectivity index (χ2v) is 4.05. The van der Waals surface area contributed by atoms with Crippen LogP contribution in [0, 0.1) is 0 Å². The molecule has 2 heteroatoms. The van der Waals surface area contributed by atoms with Crippen LogP contribution < -0.4 is 0 Å². The molecule has 1 N–H and O–H groups in total. The first-order valence-electron chi connectivity index (χ1n) is 6.11. The first kappa shape index (κ1) is 13.9. The topological polar surface area (TPSA) is 23.5 Å². The Balaban J connectivity index is 4.12. The first-order valence-corrected chi connectivity index (χ1v) is 6.11. The number of rotatable bonds is 8. The van der Waals surface area contributed by atoms with Crippen LogP contribution in [0.15, 0.2) is 0 Å². The van der Waals surface area contributed by atoms with Crippen molar-refractivity contribution in [3.63, 3.8) is 0 Å². The molecule has 0 spiro atoms. The molecule has 0 saturated carbocycles. The van der Waals surface area contributed by atoms with Crippen LogP contribution in [0.4, 0.5) is 0 Å². The van der Waals surface area contributed by atoms with E-state index >= 15 is 0 Å². The Labute approximate surface area is 89.3 Å². The standard InChI is InChI=1S/C12H27NO/c1-5-8-10-12(9-6-2)13(7-3)11(4)14/h11-12,14H,5-10H2,1-4H3. The Kier molecular flexibility index (Phi) is 8.20. The van der Waals surface area contributed by atoms with Crippen molar-refractivity contribution in [2.45, 2.75) is 72.1 Å². The summed E-state index contributed by atoms with van der Waals surface area (Å²) in [5, 5.41) is 9.63. The van der Waals surface area contributed by atoms with Crippen molar-refractivity contribution in [1.82, 2.24) is 4.90 Å². The van der Waals surface area contributed by atoms with Crippen LogP contribution in [0.5, 0.6) is 0 Å². The van der Waals surface area contributed by atoms with Gasteiger partial charge in [-0.3, -0.25) is 4.90 Å². The van der Waals surface area contributed by atoms with Crippen molar-refractivity contribution in [3.05, 3.63) is 0 Å². The molecule has 86 valence electrons. The summed E-state index contributed by atoms with van der Waals surface area (Å²) in [4.78, 5) is 2.21. The summed E-state index contributed by atoms with van der Waals surface area (Å²) in [5.74, 6) is 0. The van der Waals surface area contributed by atoms with Crippen molar-refractivity contribution in [2.24, 2.45) is 0 Å². The third-order valence-corrected chi connectivity index (χ3v) is 2.83. The highest BCUT2D eigenvalue weighted by Crippen LogP contribution is 2.16. The molecule has 14 heavy (non-hydrogen) atoms. The second-order valence-electron chi connectivity index (χ2n) is 4.05. The fourth-order valence-corrected chi connectivity index (χ4v) is 2.08. The minimum absolute atomic E-state index is 0.298. The van der Waals surface area contributed by atoms with Crippen LogP contribution in [0.1, 0.15) is 59.8 Å². The number of hydrogen-bond acceptors (Lipinski definition) is 2. The average molecular weight is 201 g/mol. The van der Waals surface area contributed by atoms with Gasteiger partial charge in [0.2, 0.25) is 0 Å². The molecule has 0 radical (unpaired) electrons. The van der Waals surface area contributed by atoms with Crippen molar-refractivity contribution in [1.29, 1.82) is 0 Å². The van der Waals surface area contributed by atoms with Crippen LogP contribution in [-0.2, 0) is 0 Å². The molecule has 2 unspecified atom stereocenters. The maximum atomic E-state index is 9.63. The second kappa shape index (κ2) is 8.25. The first-order chi connectivity index (χ1) is 6.67. The summed E-state index contributed by atoms with van der Waals surface area (Å²) in [5.41, 5.74) is 0. The average Bonchev–Trinajstić information content (AvgIpc) is 2.14. The molecule has 0 amide bonds. The van der Waals surface area contributed by atoms with Gasteiger partial charge in [-0.2, -0.15) is 0 Å². The fourth-order valence-electron chi connectivity index (χ4n) is 2.08. The normalized spacial score (nSPS) is 15.9. The van der Waals surface area contributed by atoms with E-state index in [0.29, 0.717) is 6.04 Å². The van der Waals surface area contributed by atoms with E-state index in [9.17, 15) is 5.11 Å². The minimum atomic E-state index is -0.298. The van der Waals surface area contributed by atoms with Gasteiger partial charge in [-0.1, -0.05) is 40.0 Å². The molecule has 0 aliphatic carbocycles. The fraction of sp³-hybridized carbons (Fsp3) is 1.00. The lowest BCUT2D eigenvalue weighted by Gasteiger charge is -2.33. The highest BCUT2D eigenvalue weighted by Gasteiger charge is 2.18. The zero-order chi connectivity index (χ0) is 11.0. The number of hydrogen-bond donors (Lipinski definition) is 1. The van der Waals surface area contributed by atoms with E-state index < -0.39 is 0 Å². The number of nitrogens with zero attached hydrogens (tertiary/aromatic N) is 1. The predicted molar refractivity (Wildman–Crippen MR) is 62.3 cm³/mol. The molecule has 0 bridgehead atoms. The highest BCUT2D eigenvalue weighted by atomic mass is 16.3. The molecule has 0 aromatic heterocycles. The molecule has 2 atom stereocenters. The lowest BCUT2D eigenvalue weighted by molar-refractivity contribution is -0.0135. The monoisotopic (exact) mass is 201 g/mol. The van der Waals surface area contributed by atoms with Crippen molar-refractivity contribution < 1.29 is 5.11 Å². The Morgan fingerprint density at radius 1 is 1.07 bits per heavy atom. The van der Waals surface area contributed by atoms with Crippen molar-refractivity contribution in [2.75, 3.05) is 6.54 Å². The van der Waals surface area contributed by atoms with E-state index in [2.05, 4.69) is 25.7 Å². The smallest absolute Gasteiger partial charge is 0.104 e. The largest absolute Gasteiger partial charge is 0.379 e. The van der Waals surface area contributed by atoms with E-state index in [0.717, 1.165) is 6.54 Å². The summed E-state index contributed by atoms with van der Waals surface area (Å²) >= 11 is 0. The lowest BCUT2D eigenvalue weighted by Crippen LogP contribution is -2.41. The summed E-state index contributed by atoms with van der Waals surface area (Å²) in [7, 11) is 0. The number of unbranched alkanes of at least 4 members (excludes halogenated alkanes) is 1. The third kappa shape index (κ3) is 4.97.